The first-order chi connectivity index (χ1) is 9.59. The highest BCUT2D eigenvalue weighted by Gasteiger charge is 2.47. The number of carbonyl (C=O) groups is 3. The van der Waals surface area contributed by atoms with Crippen molar-refractivity contribution in [2.45, 2.75) is 36.5 Å². The van der Waals surface area contributed by atoms with Gasteiger partial charge in [-0.1, -0.05) is 0 Å². The molecule has 0 saturated heterocycles. The van der Waals surface area contributed by atoms with Gasteiger partial charge in [-0.15, -0.1) is 0 Å². The second-order valence-corrected chi connectivity index (χ2v) is 4.30. The molecule has 5 atom stereocenters. The van der Waals surface area contributed by atoms with Crippen LogP contribution in [0.1, 0.15) is 6.42 Å². The third-order valence-electron chi connectivity index (χ3n) is 2.64. The molecule has 0 aromatic heterocycles. The Morgan fingerprint density at radius 1 is 1.29 bits per heavy atom. The maximum Gasteiger partial charge on any atom is 0.321 e. The quantitative estimate of drug-likeness (QED) is 0.150. The Balaban J connectivity index is 5.13. The number of hydrogen-bond donors (Lipinski definition) is 8. The topological polar surface area (TPSA) is 211 Å². The number of nitrogens with one attached hydrogen (secondary N) is 1. The number of carboxylic acids is 1. The largest absolute Gasteiger partial charge is 0.480 e. The van der Waals surface area contributed by atoms with Crippen LogP contribution in [0.4, 0.5) is 0 Å². The molecule has 0 aliphatic heterocycles. The number of carboxylic acid groups (broad SMARTS) is 1. The average Bonchev–Trinajstić information content (AvgIpc) is 2.43. The molecule has 0 radical (unpaired) electrons. The lowest BCUT2D eigenvalue weighted by Crippen LogP contribution is -2.68. The molecule has 11 heteroatoms. The van der Waals surface area contributed by atoms with Gasteiger partial charge in [-0.25, -0.2) is 0 Å². The van der Waals surface area contributed by atoms with Crippen molar-refractivity contribution in [3.05, 3.63) is 0 Å². The van der Waals surface area contributed by atoms with Crippen LogP contribution in [0.25, 0.3) is 0 Å². The van der Waals surface area contributed by atoms with Gasteiger partial charge in [0.25, 0.3) is 0 Å². The van der Waals surface area contributed by atoms with Gasteiger partial charge in [0.05, 0.1) is 13.0 Å². The van der Waals surface area contributed by atoms with Crippen LogP contribution in [0.2, 0.25) is 0 Å². The Hall–Kier alpha value is -1.63. The van der Waals surface area contributed by atoms with E-state index in [1.54, 1.807) is 5.32 Å². The normalized spacial score (nSPS) is 19.7. The second kappa shape index (κ2) is 7.97. The molecular formula is C10H18N2O9. The maximum atomic E-state index is 11.5. The van der Waals surface area contributed by atoms with E-state index >= 15 is 0 Å². The van der Waals surface area contributed by atoms with E-state index in [1.807, 2.05) is 0 Å². The van der Waals surface area contributed by atoms with E-state index < -0.39 is 55.0 Å². The van der Waals surface area contributed by atoms with Gasteiger partial charge in [-0.2, -0.15) is 0 Å². The lowest BCUT2D eigenvalue weighted by molar-refractivity contribution is -0.197. The molecule has 0 saturated carbocycles. The average molecular weight is 310 g/mol. The summed E-state index contributed by atoms with van der Waals surface area (Å²) in [5.74, 6) is -2.72. The van der Waals surface area contributed by atoms with Gasteiger partial charge >= 0.3 is 5.97 Å². The van der Waals surface area contributed by atoms with Gasteiger partial charge in [0.1, 0.15) is 18.2 Å². The number of aliphatic carboxylic acids is 1. The van der Waals surface area contributed by atoms with Crippen LogP contribution in [-0.4, -0.2) is 85.5 Å². The molecule has 0 aliphatic carbocycles. The van der Waals surface area contributed by atoms with E-state index in [-0.39, 0.29) is 6.29 Å². The Morgan fingerprint density at radius 2 is 1.81 bits per heavy atom. The zero-order chi connectivity index (χ0) is 16.8. The van der Waals surface area contributed by atoms with E-state index in [1.165, 1.54) is 0 Å². The number of aliphatic hydroxyl groups excluding tert-OH is 4. The summed E-state index contributed by atoms with van der Waals surface area (Å²) in [5, 5.41) is 56.9. The number of hydrogen-bond acceptors (Lipinski definition) is 9. The van der Waals surface area contributed by atoms with Crippen molar-refractivity contribution in [2.75, 3.05) is 6.61 Å². The fraction of sp³-hybridized carbons (Fsp3) is 0.700. The minimum atomic E-state index is -3.03. The van der Waals surface area contributed by atoms with Crippen LogP contribution in [0.5, 0.6) is 0 Å². The summed E-state index contributed by atoms with van der Waals surface area (Å²) < 4.78 is 0. The number of aldehydes is 1. The SMILES string of the molecule is N[C@@H](CC(=O)N[C@@](O)([C@H](O)[C@H](O)CO)[C@@H](O)C=O)C(=O)O. The maximum absolute atomic E-state index is 11.5. The van der Waals surface area contributed by atoms with Crippen molar-refractivity contribution in [1.82, 2.24) is 5.32 Å². The van der Waals surface area contributed by atoms with Crippen LogP contribution >= 0.6 is 0 Å². The number of nitrogens with two attached hydrogens (primary N) is 1. The molecule has 0 bridgehead atoms. The molecule has 9 N–H and O–H groups in total. The molecule has 0 fully saturated rings. The second-order valence-electron chi connectivity index (χ2n) is 4.30. The van der Waals surface area contributed by atoms with Crippen LogP contribution in [0.15, 0.2) is 0 Å². The Labute approximate surface area is 118 Å². The molecular weight excluding hydrogens is 292 g/mol. The third kappa shape index (κ3) is 5.00. The fourth-order valence-corrected chi connectivity index (χ4v) is 1.38. The zero-order valence-corrected chi connectivity index (χ0v) is 10.8. The first kappa shape index (κ1) is 19.4. The first-order valence-electron chi connectivity index (χ1n) is 5.72. The van der Waals surface area contributed by atoms with E-state index in [9.17, 15) is 34.8 Å². The smallest absolute Gasteiger partial charge is 0.321 e. The first-order valence-corrected chi connectivity index (χ1v) is 5.72. The predicted molar refractivity (Wildman–Crippen MR) is 64.5 cm³/mol. The molecule has 11 nitrogen and oxygen atoms in total. The molecule has 1 amide bonds. The molecule has 0 aromatic carbocycles. The number of carbonyl (C=O) groups excluding carboxylic acids is 2. The molecule has 0 aromatic rings. The van der Waals surface area contributed by atoms with Gasteiger partial charge in [0.2, 0.25) is 5.91 Å². The summed E-state index contributed by atoms with van der Waals surface area (Å²) in [6.07, 6.45) is -7.72. The van der Waals surface area contributed by atoms with E-state index in [0.717, 1.165) is 0 Å². The van der Waals surface area contributed by atoms with E-state index in [2.05, 4.69) is 0 Å². The standard InChI is InChI=1S/C10H18N2O9/c11-4(9(19)20)1-7(17)12-10(21,6(16)3-14)8(18)5(15)2-13/h3-6,8,13,15-16,18,21H,1-2,11H2,(H,12,17)(H,19,20)/t4-,5+,6-,8+,10-/m0/s1. The van der Waals surface area contributed by atoms with Gasteiger partial charge in [0, 0.05) is 0 Å². The minimum Gasteiger partial charge on any atom is -0.480 e. The van der Waals surface area contributed by atoms with E-state index in [0.29, 0.717) is 0 Å². The number of rotatable bonds is 9. The summed E-state index contributed by atoms with van der Waals surface area (Å²) in [6, 6.07) is -1.62. The summed E-state index contributed by atoms with van der Waals surface area (Å²) in [4.78, 5) is 32.5. The monoisotopic (exact) mass is 310 g/mol. The van der Waals surface area contributed by atoms with Crippen molar-refractivity contribution in [3.8, 4) is 0 Å². The predicted octanol–water partition coefficient (Wildman–Crippen LogP) is -5.13. The van der Waals surface area contributed by atoms with Gasteiger partial charge in [0.15, 0.2) is 18.1 Å². The van der Waals surface area contributed by atoms with Crippen LogP contribution < -0.4 is 11.1 Å². The lowest BCUT2D eigenvalue weighted by Gasteiger charge is -2.37. The molecule has 0 heterocycles. The third-order valence-corrected chi connectivity index (χ3v) is 2.64. The van der Waals surface area contributed by atoms with Crippen molar-refractivity contribution in [3.63, 3.8) is 0 Å². The van der Waals surface area contributed by atoms with Crippen molar-refractivity contribution in [2.24, 2.45) is 5.73 Å². The van der Waals surface area contributed by atoms with Gasteiger partial charge in [-0.3, -0.25) is 9.59 Å². The fourth-order valence-electron chi connectivity index (χ4n) is 1.38. The Kier molecular flexibility index (Phi) is 7.35. The van der Waals surface area contributed by atoms with Crippen molar-refractivity contribution in [1.29, 1.82) is 0 Å². The molecule has 0 unspecified atom stereocenters. The molecule has 122 valence electrons. The van der Waals surface area contributed by atoms with Gasteiger partial charge in [-0.05, 0) is 0 Å². The molecule has 0 aliphatic rings. The van der Waals surface area contributed by atoms with Gasteiger partial charge < -0.3 is 46.5 Å². The van der Waals surface area contributed by atoms with Crippen LogP contribution in [-0.2, 0) is 14.4 Å². The Bertz CT molecular complexity index is 391. The summed E-state index contributed by atoms with van der Waals surface area (Å²) in [7, 11) is 0. The van der Waals surface area contributed by atoms with Crippen LogP contribution in [0, 0.1) is 0 Å². The molecule has 0 rings (SSSR count). The molecule has 0 spiro atoms. The minimum absolute atomic E-state index is 0.231. The van der Waals surface area contributed by atoms with Crippen molar-refractivity contribution >= 4 is 18.2 Å². The summed E-state index contributed by atoms with van der Waals surface area (Å²) in [6.45, 7) is -1.04. The Morgan fingerprint density at radius 3 is 2.19 bits per heavy atom. The highest BCUT2D eigenvalue weighted by molar-refractivity contribution is 5.84. The molecule has 21 heavy (non-hydrogen) atoms. The van der Waals surface area contributed by atoms with Crippen LogP contribution in [0.3, 0.4) is 0 Å². The van der Waals surface area contributed by atoms with Crippen molar-refractivity contribution < 1.29 is 45.0 Å². The lowest BCUT2D eigenvalue weighted by atomic mass is 9.95. The van der Waals surface area contributed by atoms with E-state index in [4.69, 9.17) is 15.9 Å². The highest BCUT2D eigenvalue weighted by Crippen LogP contribution is 2.16. The summed E-state index contributed by atoms with van der Waals surface area (Å²) in [5.41, 5.74) is 2.05. The highest BCUT2D eigenvalue weighted by atomic mass is 16.4. The number of aliphatic hydroxyl groups is 5. The number of amides is 1. The summed E-state index contributed by atoms with van der Waals surface area (Å²) >= 11 is 0. The zero-order valence-electron chi connectivity index (χ0n) is 10.8.